The first kappa shape index (κ1) is 13.9. The van der Waals surface area contributed by atoms with E-state index in [1.165, 1.54) is 0 Å². The summed E-state index contributed by atoms with van der Waals surface area (Å²) in [7, 11) is 0. The standard InChI is InChI=1S/C15H14INO2/c1-10-7-8-12(16)9-13(10)17-14(15(18)19)11-5-3-2-4-6-11/h2-9,14,17H,1H3,(H,18,19). The summed E-state index contributed by atoms with van der Waals surface area (Å²) >= 11 is 2.21. The van der Waals surface area contributed by atoms with Crippen molar-refractivity contribution in [3.63, 3.8) is 0 Å². The molecule has 0 aliphatic rings. The highest BCUT2D eigenvalue weighted by Crippen LogP contribution is 2.24. The maximum Gasteiger partial charge on any atom is 0.330 e. The Morgan fingerprint density at radius 3 is 2.53 bits per heavy atom. The molecule has 0 saturated carbocycles. The number of rotatable bonds is 4. The molecule has 98 valence electrons. The first-order valence-electron chi connectivity index (χ1n) is 5.88. The van der Waals surface area contributed by atoms with E-state index in [0.29, 0.717) is 0 Å². The van der Waals surface area contributed by atoms with Crippen LogP contribution in [0.1, 0.15) is 17.2 Å². The van der Waals surface area contributed by atoms with Crippen molar-refractivity contribution in [3.05, 3.63) is 63.2 Å². The Morgan fingerprint density at radius 1 is 1.21 bits per heavy atom. The predicted octanol–water partition coefficient (Wildman–Crippen LogP) is 3.84. The van der Waals surface area contributed by atoms with Gasteiger partial charge in [0.15, 0.2) is 6.04 Å². The Morgan fingerprint density at radius 2 is 1.89 bits per heavy atom. The lowest BCUT2D eigenvalue weighted by Gasteiger charge is -2.18. The first-order valence-corrected chi connectivity index (χ1v) is 6.96. The number of aryl methyl sites for hydroxylation is 1. The molecule has 2 rings (SSSR count). The lowest BCUT2D eigenvalue weighted by Crippen LogP contribution is -2.20. The highest BCUT2D eigenvalue weighted by atomic mass is 127. The van der Waals surface area contributed by atoms with Crippen LogP contribution in [0.15, 0.2) is 48.5 Å². The molecule has 0 saturated heterocycles. The monoisotopic (exact) mass is 367 g/mol. The van der Waals surface area contributed by atoms with Gasteiger partial charge in [-0.15, -0.1) is 0 Å². The van der Waals surface area contributed by atoms with Crippen LogP contribution in [-0.2, 0) is 4.79 Å². The number of aliphatic carboxylic acids is 1. The third kappa shape index (κ3) is 3.47. The van der Waals surface area contributed by atoms with Crippen molar-refractivity contribution in [2.24, 2.45) is 0 Å². The molecule has 1 atom stereocenters. The zero-order valence-electron chi connectivity index (χ0n) is 10.4. The van der Waals surface area contributed by atoms with Crippen LogP contribution in [0.2, 0.25) is 0 Å². The second-order valence-corrected chi connectivity index (χ2v) is 5.53. The average Bonchev–Trinajstić information content (AvgIpc) is 2.40. The number of hydrogen-bond acceptors (Lipinski definition) is 2. The van der Waals surface area contributed by atoms with Crippen LogP contribution in [0.5, 0.6) is 0 Å². The van der Waals surface area contributed by atoms with E-state index in [9.17, 15) is 9.90 Å². The van der Waals surface area contributed by atoms with Gasteiger partial charge >= 0.3 is 5.97 Å². The number of halogens is 1. The molecule has 0 aliphatic carbocycles. The van der Waals surface area contributed by atoms with Crippen LogP contribution in [-0.4, -0.2) is 11.1 Å². The summed E-state index contributed by atoms with van der Waals surface area (Å²) in [4.78, 5) is 11.4. The van der Waals surface area contributed by atoms with Gasteiger partial charge in [-0.25, -0.2) is 4.79 Å². The minimum atomic E-state index is -0.885. The molecule has 19 heavy (non-hydrogen) atoms. The fourth-order valence-corrected chi connectivity index (χ4v) is 2.33. The van der Waals surface area contributed by atoms with Gasteiger partial charge in [-0.05, 0) is 52.8 Å². The minimum Gasteiger partial charge on any atom is -0.479 e. The van der Waals surface area contributed by atoms with Crippen LogP contribution in [0, 0.1) is 10.5 Å². The van der Waals surface area contributed by atoms with Crippen LogP contribution in [0.25, 0.3) is 0 Å². The molecule has 0 fully saturated rings. The number of carbonyl (C=O) groups is 1. The maximum absolute atomic E-state index is 11.4. The molecule has 0 aromatic heterocycles. The minimum absolute atomic E-state index is 0.738. The van der Waals surface area contributed by atoms with Crippen LogP contribution in [0.3, 0.4) is 0 Å². The predicted molar refractivity (Wildman–Crippen MR) is 84.3 cm³/mol. The molecule has 0 spiro atoms. The van der Waals surface area contributed by atoms with Crippen molar-refractivity contribution in [1.29, 1.82) is 0 Å². The van der Waals surface area contributed by atoms with E-state index in [0.717, 1.165) is 20.4 Å². The van der Waals surface area contributed by atoms with E-state index in [2.05, 4.69) is 27.9 Å². The van der Waals surface area contributed by atoms with Crippen molar-refractivity contribution in [2.75, 3.05) is 5.32 Å². The van der Waals surface area contributed by atoms with Gasteiger partial charge in [0.05, 0.1) is 0 Å². The zero-order chi connectivity index (χ0) is 13.8. The molecular formula is C15H14INO2. The van der Waals surface area contributed by atoms with Crippen LogP contribution in [0.4, 0.5) is 5.69 Å². The number of hydrogen-bond donors (Lipinski definition) is 2. The molecule has 2 aromatic carbocycles. The normalized spacial score (nSPS) is 11.9. The molecule has 1 unspecified atom stereocenters. The van der Waals surface area contributed by atoms with E-state index < -0.39 is 12.0 Å². The van der Waals surface area contributed by atoms with Gasteiger partial charge < -0.3 is 10.4 Å². The van der Waals surface area contributed by atoms with E-state index >= 15 is 0 Å². The van der Waals surface area contributed by atoms with Gasteiger partial charge in [-0.2, -0.15) is 0 Å². The lowest BCUT2D eigenvalue weighted by atomic mass is 10.1. The Labute approximate surface area is 125 Å². The average molecular weight is 367 g/mol. The zero-order valence-corrected chi connectivity index (χ0v) is 12.6. The highest BCUT2D eigenvalue weighted by molar-refractivity contribution is 14.1. The molecule has 0 heterocycles. The Bertz CT molecular complexity index is 584. The Balaban J connectivity index is 2.32. The number of nitrogens with one attached hydrogen (secondary N) is 1. The number of carboxylic acids is 1. The second-order valence-electron chi connectivity index (χ2n) is 4.29. The van der Waals surface area contributed by atoms with Crippen molar-refractivity contribution >= 4 is 34.2 Å². The number of anilines is 1. The first-order chi connectivity index (χ1) is 9.08. The summed E-state index contributed by atoms with van der Waals surface area (Å²) in [5, 5.41) is 12.5. The van der Waals surface area contributed by atoms with Gasteiger partial charge in [0.2, 0.25) is 0 Å². The molecule has 2 aromatic rings. The summed E-state index contributed by atoms with van der Waals surface area (Å²) in [5.74, 6) is -0.885. The molecule has 0 bridgehead atoms. The van der Waals surface area contributed by atoms with E-state index in [1.54, 1.807) is 0 Å². The molecule has 3 nitrogen and oxygen atoms in total. The quantitative estimate of drug-likeness (QED) is 0.808. The molecule has 0 radical (unpaired) electrons. The van der Waals surface area contributed by atoms with Gasteiger partial charge in [0.1, 0.15) is 0 Å². The Kier molecular flexibility index (Phi) is 4.42. The van der Waals surface area contributed by atoms with E-state index in [-0.39, 0.29) is 0 Å². The Hall–Kier alpha value is -1.56. The van der Waals surface area contributed by atoms with E-state index in [1.807, 2.05) is 55.5 Å². The van der Waals surface area contributed by atoms with Crippen molar-refractivity contribution in [3.8, 4) is 0 Å². The smallest absolute Gasteiger partial charge is 0.330 e. The fourth-order valence-electron chi connectivity index (χ4n) is 1.84. The van der Waals surface area contributed by atoms with Crippen LogP contribution >= 0.6 is 22.6 Å². The molecule has 0 amide bonds. The highest BCUT2D eigenvalue weighted by Gasteiger charge is 2.19. The summed E-state index contributed by atoms with van der Waals surface area (Å²) in [6, 6.07) is 14.4. The molecule has 0 aliphatic heterocycles. The SMILES string of the molecule is Cc1ccc(I)cc1NC(C(=O)O)c1ccccc1. The topological polar surface area (TPSA) is 49.3 Å². The molecule has 4 heteroatoms. The van der Waals surface area contributed by atoms with Crippen molar-refractivity contribution in [2.45, 2.75) is 13.0 Å². The summed E-state index contributed by atoms with van der Waals surface area (Å²) < 4.78 is 1.07. The summed E-state index contributed by atoms with van der Waals surface area (Å²) in [6.07, 6.45) is 0. The lowest BCUT2D eigenvalue weighted by molar-refractivity contribution is -0.138. The van der Waals surface area contributed by atoms with Gasteiger partial charge in [0.25, 0.3) is 0 Å². The maximum atomic E-state index is 11.4. The van der Waals surface area contributed by atoms with Gasteiger partial charge in [0, 0.05) is 9.26 Å². The molecule has 2 N–H and O–H groups in total. The molecular weight excluding hydrogens is 353 g/mol. The third-order valence-electron chi connectivity index (χ3n) is 2.88. The fraction of sp³-hybridized carbons (Fsp3) is 0.133. The van der Waals surface area contributed by atoms with Crippen molar-refractivity contribution in [1.82, 2.24) is 0 Å². The third-order valence-corrected chi connectivity index (χ3v) is 3.55. The van der Waals surface area contributed by atoms with Gasteiger partial charge in [-0.3, -0.25) is 0 Å². The van der Waals surface area contributed by atoms with Gasteiger partial charge in [-0.1, -0.05) is 36.4 Å². The van der Waals surface area contributed by atoms with Crippen molar-refractivity contribution < 1.29 is 9.90 Å². The number of benzene rings is 2. The van der Waals surface area contributed by atoms with E-state index in [4.69, 9.17) is 0 Å². The number of carboxylic acid groups (broad SMARTS) is 1. The second kappa shape index (κ2) is 6.06. The largest absolute Gasteiger partial charge is 0.479 e. The van der Waals surface area contributed by atoms with Crippen LogP contribution < -0.4 is 5.32 Å². The summed E-state index contributed by atoms with van der Waals surface area (Å²) in [6.45, 7) is 1.96. The summed E-state index contributed by atoms with van der Waals surface area (Å²) in [5.41, 5.74) is 2.62.